The topological polar surface area (TPSA) is 52.9 Å². The van der Waals surface area contributed by atoms with Crippen LogP contribution < -0.4 is 0 Å². The lowest BCUT2D eigenvalue weighted by atomic mass is 10.0. The zero-order valence-electron chi connectivity index (χ0n) is 11.6. The number of alkyl halides is 3. The van der Waals surface area contributed by atoms with Gasteiger partial charge in [0.1, 0.15) is 0 Å². The van der Waals surface area contributed by atoms with E-state index >= 15 is 0 Å². The van der Waals surface area contributed by atoms with Crippen molar-refractivity contribution in [2.24, 2.45) is 11.0 Å². The Bertz CT molecular complexity index is 704. The van der Waals surface area contributed by atoms with E-state index in [4.69, 9.17) is 23.2 Å². The molecule has 1 aromatic rings. The summed E-state index contributed by atoms with van der Waals surface area (Å²) in [5.74, 6) is -1.26. The van der Waals surface area contributed by atoms with Crippen LogP contribution in [0.4, 0.5) is 13.2 Å². The molecule has 1 unspecified atom stereocenters. The highest BCUT2D eigenvalue weighted by Gasteiger charge is 2.64. The van der Waals surface area contributed by atoms with E-state index < -0.39 is 24.2 Å². The van der Waals surface area contributed by atoms with Gasteiger partial charge in [-0.2, -0.15) is 23.3 Å². The number of hydrogen-bond acceptors (Lipinski definition) is 3. The molecule has 0 saturated heterocycles. The van der Waals surface area contributed by atoms with Crippen LogP contribution in [0.5, 0.6) is 0 Å². The molecule has 1 aromatic carbocycles. The molecule has 1 aliphatic carbocycles. The van der Waals surface area contributed by atoms with Crippen molar-refractivity contribution < 1.29 is 23.1 Å². The number of halogens is 5. The average Bonchev–Trinajstić information content (AvgIpc) is 3.23. The number of rotatable bonds is 2. The summed E-state index contributed by atoms with van der Waals surface area (Å²) in [7, 11) is 0. The molecule has 0 spiro atoms. The minimum atomic E-state index is -5.05. The van der Waals surface area contributed by atoms with E-state index in [1.165, 1.54) is 12.1 Å². The largest absolute Gasteiger partial charge is 0.438 e. The number of nitrogens with zero attached hydrogens (tertiary/aromatic N) is 2. The van der Waals surface area contributed by atoms with Crippen molar-refractivity contribution in [3.05, 3.63) is 33.8 Å². The standard InChI is InChI=1S/C14H11Cl2F3N2O2/c15-8-3-4-10(16)9(5-8)12(22)21-13(23,14(17,18)19)6-11(20-21)7-1-2-7/h3-5,7,23H,1-2,6H2. The second-order valence-electron chi connectivity index (χ2n) is 5.60. The summed E-state index contributed by atoms with van der Waals surface area (Å²) >= 11 is 11.6. The van der Waals surface area contributed by atoms with Crippen LogP contribution in [0.3, 0.4) is 0 Å². The van der Waals surface area contributed by atoms with E-state index in [0.29, 0.717) is 12.8 Å². The normalized spacial score (nSPS) is 24.8. The fourth-order valence-electron chi connectivity index (χ4n) is 2.43. The number of hydrogen-bond donors (Lipinski definition) is 1. The Morgan fingerprint density at radius 3 is 2.57 bits per heavy atom. The third-order valence-corrected chi connectivity index (χ3v) is 4.42. The molecule has 23 heavy (non-hydrogen) atoms. The van der Waals surface area contributed by atoms with Gasteiger partial charge in [-0.1, -0.05) is 23.2 Å². The van der Waals surface area contributed by atoms with Crippen LogP contribution in [0.1, 0.15) is 29.6 Å². The van der Waals surface area contributed by atoms with Gasteiger partial charge < -0.3 is 5.11 Å². The van der Waals surface area contributed by atoms with Crippen LogP contribution >= 0.6 is 23.2 Å². The summed E-state index contributed by atoms with van der Waals surface area (Å²) in [5, 5.41) is 14.0. The fraction of sp³-hybridized carbons (Fsp3) is 0.429. The fourth-order valence-corrected chi connectivity index (χ4v) is 2.80. The van der Waals surface area contributed by atoms with Crippen molar-refractivity contribution in [1.29, 1.82) is 0 Å². The molecule has 1 heterocycles. The number of aliphatic hydroxyl groups is 1. The van der Waals surface area contributed by atoms with Gasteiger partial charge >= 0.3 is 6.18 Å². The summed E-state index contributed by atoms with van der Waals surface area (Å²) in [4.78, 5) is 12.5. The molecule has 124 valence electrons. The molecule has 9 heteroatoms. The Morgan fingerprint density at radius 2 is 2.00 bits per heavy atom. The van der Waals surface area contributed by atoms with Gasteiger partial charge in [-0.05, 0) is 37.0 Å². The van der Waals surface area contributed by atoms with Crippen LogP contribution in [0, 0.1) is 5.92 Å². The number of carbonyl (C=O) groups excluding carboxylic acids is 1. The molecule has 0 bridgehead atoms. The van der Waals surface area contributed by atoms with E-state index in [2.05, 4.69) is 5.10 Å². The third-order valence-electron chi connectivity index (χ3n) is 3.86. The predicted octanol–water partition coefficient (Wildman–Crippen LogP) is 3.86. The lowest BCUT2D eigenvalue weighted by Crippen LogP contribution is -2.56. The maximum Gasteiger partial charge on any atom is 0.438 e. The minimum Gasteiger partial charge on any atom is -0.362 e. The summed E-state index contributed by atoms with van der Waals surface area (Å²) in [6, 6.07) is 3.85. The maximum absolute atomic E-state index is 13.3. The van der Waals surface area contributed by atoms with Crippen molar-refractivity contribution in [3.8, 4) is 0 Å². The van der Waals surface area contributed by atoms with Gasteiger partial charge in [-0.25, -0.2) is 0 Å². The first-order valence-electron chi connectivity index (χ1n) is 6.79. The van der Waals surface area contributed by atoms with Gasteiger partial charge in [-0.15, -0.1) is 0 Å². The van der Waals surface area contributed by atoms with Crippen LogP contribution in [-0.2, 0) is 0 Å². The molecule has 1 amide bonds. The average molecular weight is 367 g/mol. The molecular formula is C14H11Cl2F3N2O2. The summed E-state index contributed by atoms with van der Waals surface area (Å²) in [6.07, 6.45) is -4.39. The quantitative estimate of drug-likeness (QED) is 0.863. The molecule has 4 nitrogen and oxygen atoms in total. The SMILES string of the molecule is O=C(c1cc(Cl)ccc1Cl)N1N=C(C2CC2)CC1(O)C(F)(F)F. The minimum absolute atomic E-state index is 0.0704. The van der Waals surface area contributed by atoms with Crippen LogP contribution in [0.15, 0.2) is 23.3 Å². The Hall–Kier alpha value is -1.31. The molecule has 0 radical (unpaired) electrons. The first kappa shape index (κ1) is 16.5. The summed E-state index contributed by atoms with van der Waals surface area (Å²) in [6.45, 7) is 0. The van der Waals surface area contributed by atoms with Crippen LogP contribution in [0.25, 0.3) is 0 Å². The number of hydrazone groups is 1. The summed E-state index contributed by atoms with van der Waals surface area (Å²) in [5.41, 5.74) is -3.44. The molecule has 1 N–H and O–H groups in total. The van der Waals surface area contributed by atoms with Gasteiger partial charge in [0.25, 0.3) is 11.6 Å². The smallest absolute Gasteiger partial charge is 0.362 e. The Labute approximate surface area is 139 Å². The lowest BCUT2D eigenvalue weighted by Gasteiger charge is -2.32. The van der Waals surface area contributed by atoms with Crippen molar-refractivity contribution in [2.45, 2.75) is 31.2 Å². The van der Waals surface area contributed by atoms with E-state index in [0.717, 1.165) is 6.07 Å². The van der Waals surface area contributed by atoms with Crippen molar-refractivity contribution in [1.82, 2.24) is 5.01 Å². The third kappa shape index (κ3) is 2.81. The molecule has 1 fully saturated rings. The Balaban J connectivity index is 2.03. The Kier molecular flexibility index (Phi) is 3.85. The molecule has 3 rings (SSSR count). The molecule has 1 saturated carbocycles. The highest BCUT2D eigenvalue weighted by molar-refractivity contribution is 6.35. The zero-order chi connectivity index (χ0) is 17.0. The highest BCUT2D eigenvalue weighted by Crippen LogP contribution is 2.46. The van der Waals surface area contributed by atoms with E-state index in [9.17, 15) is 23.1 Å². The molecular weight excluding hydrogens is 356 g/mol. The highest BCUT2D eigenvalue weighted by atomic mass is 35.5. The number of carbonyl (C=O) groups is 1. The van der Waals surface area contributed by atoms with Crippen LogP contribution in [0.2, 0.25) is 10.0 Å². The predicted molar refractivity (Wildman–Crippen MR) is 78.4 cm³/mol. The second-order valence-corrected chi connectivity index (χ2v) is 6.44. The van der Waals surface area contributed by atoms with Gasteiger partial charge in [0.15, 0.2) is 0 Å². The van der Waals surface area contributed by atoms with E-state index in [1.807, 2.05) is 0 Å². The maximum atomic E-state index is 13.3. The molecule has 0 aromatic heterocycles. The first-order chi connectivity index (χ1) is 10.6. The van der Waals surface area contributed by atoms with Gasteiger partial charge in [0.05, 0.1) is 10.6 Å². The molecule has 1 aliphatic heterocycles. The molecule has 2 aliphatic rings. The number of benzene rings is 1. The van der Waals surface area contributed by atoms with Crippen molar-refractivity contribution in [2.75, 3.05) is 0 Å². The van der Waals surface area contributed by atoms with Crippen LogP contribution in [-0.4, -0.2) is 33.6 Å². The van der Waals surface area contributed by atoms with Gasteiger partial charge in [0, 0.05) is 17.2 Å². The Morgan fingerprint density at radius 1 is 1.35 bits per heavy atom. The monoisotopic (exact) mass is 366 g/mol. The van der Waals surface area contributed by atoms with Crippen molar-refractivity contribution in [3.63, 3.8) is 0 Å². The second kappa shape index (κ2) is 5.36. The van der Waals surface area contributed by atoms with E-state index in [1.54, 1.807) is 0 Å². The van der Waals surface area contributed by atoms with Gasteiger partial charge in [-0.3, -0.25) is 4.79 Å². The molecule has 1 atom stereocenters. The zero-order valence-corrected chi connectivity index (χ0v) is 13.1. The van der Waals surface area contributed by atoms with Gasteiger partial charge in [0.2, 0.25) is 0 Å². The van der Waals surface area contributed by atoms with Crippen molar-refractivity contribution >= 4 is 34.8 Å². The number of amides is 1. The first-order valence-corrected chi connectivity index (χ1v) is 7.55. The summed E-state index contributed by atoms with van der Waals surface area (Å²) < 4.78 is 40.0. The van der Waals surface area contributed by atoms with E-state index in [-0.39, 0.29) is 32.2 Å². The lowest BCUT2D eigenvalue weighted by molar-refractivity contribution is -0.297.